The normalized spacial score (nSPS) is 12.5. The Labute approximate surface area is 125 Å². The molecule has 1 atom stereocenters. The van der Waals surface area contributed by atoms with E-state index in [4.69, 9.17) is 9.84 Å². The Morgan fingerprint density at radius 2 is 1.86 bits per heavy atom. The minimum absolute atomic E-state index is 0.119. The number of benzene rings is 1. The molecular formula is C16H23NO4. The van der Waals surface area contributed by atoms with Gasteiger partial charge in [0.1, 0.15) is 5.60 Å². The van der Waals surface area contributed by atoms with Gasteiger partial charge in [0.25, 0.3) is 0 Å². The summed E-state index contributed by atoms with van der Waals surface area (Å²) < 4.78 is 5.16. The molecule has 2 N–H and O–H groups in total. The largest absolute Gasteiger partial charge is 0.481 e. The lowest BCUT2D eigenvalue weighted by atomic mass is 10.0. The Hall–Kier alpha value is -2.04. The van der Waals surface area contributed by atoms with E-state index >= 15 is 0 Å². The van der Waals surface area contributed by atoms with Gasteiger partial charge in [0.2, 0.25) is 0 Å². The van der Waals surface area contributed by atoms with Crippen LogP contribution in [0.25, 0.3) is 0 Å². The second kappa shape index (κ2) is 7.67. The molecule has 116 valence electrons. The molecule has 0 spiro atoms. The van der Waals surface area contributed by atoms with Crippen LogP contribution in [-0.2, 0) is 16.0 Å². The van der Waals surface area contributed by atoms with Crippen molar-refractivity contribution in [2.75, 3.05) is 0 Å². The van der Waals surface area contributed by atoms with Crippen molar-refractivity contribution in [3.05, 3.63) is 35.9 Å². The van der Waals surface area contributed by atoms with E-state index in [2.05, 4.69) is 5.32 Å². The number of carboxylic acids is 1. The van der Waals surface area contributed by atoms with Gasteiger partial charge in [-0.15, -0.1) is 0 Å². The first kappa shape index (κ1) is 17.0. The average molecular weight is 293 g/mol. The molecule has 1 aromatic rings. The highest BCUT2D eigenvalue weighted by Gasteiger charge is 2.21. The predicted molar refractivity (Wildman–Crippen MR) is 80.2 cm³/mol. The SMILES string of the molecule is CC(C)(C)OC(=O)N[C@H](CCc1ccccc1)CC(=O)O. The number of ether oxygens (including phenoxy) is 1. The first-order valence-corrected chi connectivity index (χ1v) is 7.01. The third kappa shape index (κ3) is 7.97. The van der Waals surface area contributed by atoms with E-state index in [1.54, 1.807) is 20.8 Å². The Morgan fingerprint density at radius 1 is 1.24 bits per heavy atom. The summed E-state index contributed by atoms with van der Waals surface area (Å²) in [7, 11) is 0. The average Bonchev–Trinajstić information content (AvgIpc) is 2.34. The van der Waals surface area contributed by atoms with Crippen molar-refractivity contribution in [3.8, 4) is 0 Å². The smallest absolute Gasteiger partial charge is 0.407 e. The van der Waals surface area contributed by atoms with Crippen molar-refractivity contribution in [3.63, 3.8) is 0 Å². The van der Waals surface area contributed by atoms with Crippen LogP contribution >= 0.6 is 0 Å². The number of carboxylic acid groups (broad SMARTS) is 1. The molecule has 0 bridgehead atoms. The molecule has 0 unspecified atom stereocenters. The minimum Gasteiger partial charge on any atom is -0.481 e. The lowest BCUT2D eigenvalue weighted by Gasteiger charge is -2.23. The van der Waals surface area contributed by atoms with E-state index < -0.39 is 23.7 Å². The van der Waals surface area contributed by atoms with E-state index in [0.717, 1.165) is 5.56 Å². The van der Waals surface area contributed by atoms with Gasteiger partial charge in [0.15, 0.2) is 0 Å². The van der Waals surface area contributed by atoms with Gasteiger partial charge in [-0.25, -0.2) is 4.79 Å². The number of carbonyl (C=O) groups is 2. The second-order valence-electron chi connectivity index (χ2n) is 5.97. The Bertz CT molecular complexity index is 465. The third-order valence-corrected chi connectivity index (χ3v) is 2.77. The van der Waals surface area contributed by atoms with Gasteiger partial charge in [0, 0.05) is 6.04 Å². The molecule has 0 radical (unpaired) electrons. The van der Waals surface area contributed by atoms with E-state index in [1.165, 1.54) is 0 Å². The highest BCUT2D eigenvalue weighted by atomic mass is 16.6. The topological polar surface area (TPSA) is 75.6 Å². The van der Waals surface area contributed by atoms with Crippen molar-refractivity contribution < 1.29 is 19.4 Å². The number of alkyl carbamates (subject to hydrolysis) is 1. The molecule has 0 aliphatic rings. The van der Waals surface area contributed by atoms with Crippen molar-refractivity contribution in [1.82, 2.24) is 5.32 Å². The van der Waals surface area contributed by atoms with Crippen LogP contribution in [0.3, 0.4) is 0 Å². The molecular weight excluding hydrogens is 270 g/mol. The molecule has 1 rings (SSSR count). The number of rotatable bonds is 6. The maximum atomic E-state index is 11.7. The Kier molecular flexibility index (Phi) is 6.21. The second-order valence-corrected chi connectivity index (χ2v) is 5.97. The predicted octanol–water partition coefficient (Wildman–Crippen LogP) is 2.99. The molecule has 0 saturated carbocycles. The van der Waals surface area contributed by atoms with Crippen LogP contribution in [0.15, 0.2) is 30.3 Å². The van der Waals surface area contributed by atoms with Crippen LogP contribution in [0.2, 0.25) is 0 Å². The quantitative estimate of drug-likeness (QED) is 0.845. The monoisotopic (exact) mass is 293 g/mol. The van der Waals surface area contributed by atoms with Gasteiger partial charge in [-0.3, -0.25) is 4.79 Å². The van der Waals surface area contributed by atoms with Gasteiger partial charge < -0.3 is 15.2 Å². The number of hydrogen-bond acceptors (Lipinski definition) is 3. The fourth-order valence-electron chi connectivity index (χ4n) is 1.90. The summed E-state index contributed by atoms with van der Waals surface area (Å²) in [4.78, 5) is 22.6. The van der Waals surface area contributed by atoms with Crippen molar-refractivity contribution in [2.24, 2.45) is 0 Å². The standard InChI is InChI=1S/C16H23NO4/c1-16(2,3)21-15(20)17-13(11-14(18)19)10-9-12-7-5-4-6-8-12/h4-8,13H,9-11H2,1-3H3,(H,17,20)(H,18,19)/t13-/m1/s1. The maximum absolute atomic E-state index is 11.7. The van der Waals surface area contributed by atoms with Gasteiger partial charge in [-0.2, -0.15) is 0 Å². The number of aryl methyl sites for hydroxylation is 1. The third-order valence-electron chi connectivity index (χ3n) is 2.77. The molecule has 1 aromatic carbocycles. The van der Waals surface area contributed by atoms with E-state index in [1.807, 2.05) is 30.3 Å². The van der Waals surface area contributed by atoms with Gasteiger partial charge in [0.05, 0.1) is 6.42 Å². The zero-order chi connectivity index (χ0) is 15.9. The highest BCUT2D eigenvalue weighted by Crippen LogP contribution is 2.10. The van der Waals surface area contributed by atoms with E-state index in [9.17, 15) is 9.59 Å². The summed E-state index contributed by atoms with van der Waals surface area (Å²) in [6.07, 6.45) is 0.553. The molecule has 5 nitrogen and oxygen atoms in total. The van der Waals surface area contributed by atoms with Crippen molar-refractivity contribution in [2.45, 2.75) is 51.7 Å². The first-order chi connectivity index (χ1) is 9.76. The molecule has 21 heavy (non-hydrogen) atoms. The van der Waals surface area contributed by atoms with Crippen LogP contribution < -0.4 is 5.32 Å². The highest BCUT2D eigenvalue weighted by molar-refractivity contribution is 5.71. The fourth-order valence-corrected chi connectivity index (χ4v) is 1.90. The van der Waals surface area contributed by atoms with E-state index in [0.29, 0.717) is 12.8 Å². The van der Waals surface area contributed by atoms with Crippen LogP contribution in [0.4, 0.5) is 4.79 Å². The van der Waals surface area contributed by atoms with Crippen LogP contribution in [0, 0.1) is 0 Å². The number of amides is 1. The Balaban J connectivity index is 2.55. The number of nitrogens with one attached hydrogen (secondary N) is 1. The van der Waals surface area contributed by atoms with Gasteiger partial charge in [-0.05, 0) is 39.2 Å². The van der Waals surface area contributed by atoms with Crippen LogP contribution in [0.5, 0.6) is 0 Å². The lowest BCUT2D eigenvalue weighted by Crippen LogP contribution is -2.40. The van der Waals surface area contributed by atoms with Gasteiger partial charge >= 0.3 is 12.1 Å². The lowest BCUT2D eigenvalue weighted by molar-refractivity contribution is -0.137. The summed E-state index contributed by atoms with van der Waals surface area (Å²) in [6.45, 7) is 5.30. The summed E-state index contributed by atoms with van der Waals surface area (Å²) in [6, 6.07) is 9.30. The molecule has 1 amide bonds. The molecule has 0 aromatic heterocycles. The summed E-state index contributed by atoms with van der Waals surface area (Å²) in [5.74, 6) is -0.941. The molecule has 0 saturated heterocycles. The molecule has 5 heteroatoms. The number of carbonyl (C=O) groups excluding carboxylic acids is 1. The summed E-state index contributed by atoms with van der Waals surface area (Å²) in [5, 5.41) is 11.6. The van der Waals surface area contributed by atoms with Crippen molar-refractivity contribution >= 4 is 12.1 Å². The molecule has 0 aliphatic heterocycles. The maximum Gasteiger partial charge on any atom is 0.407 e. The minimum atomic E-state index is -0.941. The fraction of sp³-hybridized carbons (Fsp3) is 0.500. The zero-order valence-electron chi connectivity index (χ0n) is 12.8. The van der Waals surface area contributed by atoms with Gasteiger partial charge in [-0.1, -0.05) is 30.3 Å². The molecule has 0 aliphatic carbocycles. The first-order valence-electron chi connectivity index (χ1n) is 7.01. The summed E-state index contributed by atoms with van der Waals surface area (Å²) in [5.41, 5.74) is 0.510. The van der Waals surface area contributed by atoms with Crippen molar-refractivity contribution in [1.29, 1.82) is 0 Å². The van der Waals surface area contributed by atoms with Crippen LogP contribution in [0.1, 0.15) is 39.2 Å². The summed E-state index contributed by atoms with van der Waals surface area (Å²) >= 11 is 0. The Morgan fingerprint density at radius 3 is 2.38 bits per heavy atom. The van der Waals surface area contributed by atoms with Crippen LogP contribution in [-0.4, -0.2) is 28.8 Å². The number of hydrogen-bond donors (Lipinski definition) is 2. The molecule has 0 fully saturated rings. The zero-order valence-corrected chi connectivity index (χ0v) is 12.8. The number of aliphatic carboxylic acids is 1. The van der Waals surface area contributed by atoms with E-state index in [-0.39, 0.29) is 6.42 Å². The molecule has 0 heterocycles.